The van der Waals surface area contributed by atoms with E-state index in [1.165, 1.54) is 6.33 Å². The van der Waals surface area contributed by atoms with Gasteiger partial charge in [0, 0.05) is 25.2 Å². The Morgan fingerprint density at radius 1 is 1.73 bits per heavy atom. The average Bonchev–Trinajstić information content (AvgIpc) is 2.29. The average molecular weight is 209 g/mol. The van der Waals surface area contributed by atoms with Gasteiger partial charge in [-0.1, -0.05) is 12.1 Å². The highest BCUT2D eigenvalue weighted by Crippen LogP contribution is 1.94. The molecule has 0 spiro atoms. The Morgan fingerprint density at radius 2 is 2.53 bits per heavy atom. The molecule has 0 aliphatic carbocycles. The van der Waals surface area contributed by atoms with Crippen LogP contribution in [0.5, 0.6) is 0 Å². The Balaban J connectivity index is 2.28. The highest BCUT2D eigenvalue weighted by molar-refractivity contribution is 5.82. The van der Waals surface area contributed by atoms with Crippen LogP contribution in [-0.2, 0) is 6.54 Å². The number of nitrogens with one attached hydrogen (secondary N) is 1. The first-order valence-corrected chi connectivity index (χ1v) is 4.67. The van der Waals surface area contributed by atoms with Gasteiger partial charge in [-0.3, -0.25) is 0 Å². The second-order valence-corrected chi connectivity index (χ2v) is 3.26. The van der Waals surface area contributed by atoms with Gasteiger partial charge in [0.1, 0.15) is 12.2 Å². The fraction of sp³-hybridized carbons (Fsp3) is 0.444. The minimum Gasteiger partial charge on any atom is -0.409 e. The molecule has 82 valence electrons. The third-order valence-electron chi connectivity index (χ3n) is 2.02. The van der Waals surface area contributed by atoms with E-state index in [1.54, 1.807) is 6.20 Å². The first kappa shape index (κ1) is 11.4. The minimum absolute atomic E-state index is 0.00293. The lowest BCUT2D eigenvalue weighted by Crippen LogP contribution is -2.31. The van der Waals surface area contributed by atoms with Crippen molar-refractivity contribution in [1.29, 1.82) is 0 Å². The largest absolute Gasteiger partial charge is 0.409 e. The van der Waals surface area contributed by atoms with Crippen molar-refractivity contribution in [3.63, 3.8) is 0 Å². The van der Waals surface area contributed by atoms with Gasteiger partial charge in [0.25, 0.3) is 0 Å². The van der Waals surface area contributed by atoms with Crippen molar-refractivity contribution in [2.75, 3.05) is 6.54 Å². The molecule has 15 heavy (non-hydrogen) atoms. The molecular formula is C9H15N5O. The van der Waals surface area contributed by atoms with Gasteiger partial charge in [-0.2, -0.15) is 0 Å². The normalized spacial score (nSPS) is 13.8. The van der Waals surface area contributed by atoms with Crippen molar-refractivity contribution in [2.24, 2.45) is 16.8 Å². The van der Waals surface area contributed by atoms with E-state index in [9.17, 15) is 0 Å². The molecule has 1 atom stereocenters. The standard InChI is InChI=1S/C9H15N5O/c1-7(9(10)14-15)4-12-5-8-2-3-11-6-13-8/h2-3,6-7,12,15H,4-5H2,1H3,(H2,10,14). The van der Waals surface area contributed by atoms with Crippen LogP contribution in [0.25, 0.3) is 0 Å². The fourth-order valence-electron chi connectivity index (χ4n) is 1.04. The number of rotatable bonds is 5. The number of nitrogens with two attached hydrogens (primary N) is 1. The van der Waals surface area contributed by atoms with Crippen LogP contribution in [-0.4, -0.2) is 27.6 Å². The summed E-state index contributed by atoms with van der Waals surface area (Å²) in [4.78, 5) is 7.88. The highest BCUT2D eigenvalue weighted by Gasteiger charge is 2.06. The van der Waals surface area contributed by atoms with Crippen LogP contribution in [0.15, 0.2) is 23.7 Å². The smallest absolute Gasteiger partial charge is 0.143 e. The zero-order chi connectivity index (χ0) is 11.1. The molecule has 0 aliphatic heterocycles. The van der Waals surface area contributed by atoms with Crippen molar-refractivity contribution >= 4 is 5.84 Å². The Bertz CT molecular complexity index is 314. The monoisotopic (exact) mass is 209 g/mol. The summed E-state index contributed by atoms with van der Waals surface area (Å²) in [7, 11) is 0. The summed E-state index contributed by atoms with van der Waals surface area (Å²) in [5.41, 5.74) is 6.34. The maximum atomic E-state index is 8.44. The van der Waals surface area contributed by atoms with E-state index in [0.29, 0.717) is 13.1 Å². The SMILES string of the molecule is CC(CNCc1ccncn1)/C(N)=N/O. The molecule has 0 radical (unpaired) electrons. The molecule has 1 heterocycles. The zero-order valence-electron chi connectivity index (χ0n) is 8.59. The minimum atomic E-state index is -0.00293. The van der Waals surface area contributed by atoms with Crippen LogP contribution in [0, 0.1) is 5.92 Å². The summed E-state index contributed by atoms with van der Waals surface area (Å²) in [6.45, 7) is 3.16. The lowest BCUT2D eigenvalue weighted by molar-refractivity contribution is 0.314. The van der Waals surface area contributed by atoms with Crippen molar-refractivity contribution in [2.45, 2.75) is 13.5 Å². The van der Waals surface area contributed by atoms with Crippen LogP contribution in [0.1, 0.15) is 12.6 Å². The molecule has 0 aliphatic rings. The number of oxime groups is 1. The maximum Gasteiger partial charge on any atom is 0.143 e. The summed E-state index contributed by atoms with van der Waals surface area (Å²) in [5.74, 6) is 0.224. The van der Waals surface area contributed by atoms with Crippen LogP contribution >= 0.6 is 0 Å². The number of aromatic nitrogens is 2. The first-order valence-electron chi connectivity index (χ1n) is 4.67. The lowest BCUT2D eigenvalue weighted by atomic mass is 10.1. The van der Waals surface area contributed by atoms with Crippen LogP contribution < -0.4 is 11.1 Å². The summed E-state index contributed by atoms with van der Waals surface area (Å²) in [6.07, 6.45) is 3.20. The Hall–Kier alpha value is -1.69. The Kier molecular flexibility index (Phi) is 4.49. The van der Waals surface area contributed by atoms with E-state index in [2.05, 4.69) is 20.4 Å². The molecule has 0 saturated carbocycles. The lowest BCUT2D eigenvalue weighted by Gasteiger charge is -2.10. The summed E-state index contributed by atoms with van der Waals surface area (Å²) >= 11 is 0. The number of hydrogen-bond donors (Lipinski definition) is 3. The van der Waals surface area contributed by atoms with Crippen molar-refractivity contribution in [3.8, 4) is 0 Å². The van der Waals surface area contributed by atoms with Gasteiger partial charge in [0.05, 0.1) is 5.69 Å². The van der Waals surface area contributed by atoms with E-state index in [-0.39, 0.29) is 11.8 Å². The molecule has 6 nitrogen and oxygen atoms in total. The zero-order valence-corrected chi connectivity index (χ0v) is 8.59. The molecule has 0 saturated heterocycles. The second kappa shape index (κ2) is 5.92. The summed E-state index contributed by atoms with van der Waals surface area (Å²) in [6, 6.07) is 1.83. The molecule has 0 aromatic carbocycles. The molecule has 1 unspecified atom stereocenters. The molecule has 4 N–H and O–H groups in total. The predicted octanol–water partition coefficient (Wildman–Crippen LogP) is -0.0513. The second-order valence-electron chi connectivity index (χ2n) is 3.26. The van der Waals surface area contributed by atoms with Gasteiger partial charge in [-0.15, -0.1) is 0 Å². The van der Waals surface area contributed by atoms with Crippen molar-refractivity contribution in [3.05, 3.63) is 24.3 Å². The van der Waals surface area contributed by atoms with E-state index in [4.69, 9.17) is 10.9 Å². The number of hydrogen-bond acceptors (Lipinski definition) is 5. The topological polar surface area (TPSA) is 96.4 Å². The molecule has 1 aromatic rings. The Labute approximate surface area is 88.2 Å². The molecule has 6 heteroatoms. The van der Waals surface area contributed by atoms with Gasteiger partial charge in [-0.05, 0) is 6.07 Å². The third-order valence-corrected chi connectivity index (χ3v) is 2.02. The van der Waals surface area contributed by atoms with Gasteiger partial charge in [0.2, 0.25) is 0 Å². The molecule has 0 bridgehead atoms. The molecular weight excluding hydrogens is 194 g/mol. The predicted molar refractivity (Wildman–Crippen MR) is 56.3 cm³/mol. The maximum absolute atomic E-state index is 8.44. The third kappa shape index (κ3) is 3.90. The van der Waals surface area contributed by atoms with Crippen LogP contribution in [0.4, 0.5) is 0 Å². The van der Waals surface area contributed by atoms with Crippen molar-refractivity contribution in [1.82, 2.24) is 15.3 Å². The van der Waals surface area contributed by atoms with E-state index >= 15 is 0 Å². The number of amidine groups is 1. The van der Waals surface area contributed by atoms with Gasteiger partial charge < -0.3 is 16.3 Å². The molecule has 1 aromatic heterocycles. The van der Waals surface area contributed by atoms with Gasteiger partial charge in [-0.25, -0.2) is 9.97 Å². The van der Waals surface area contributed by atoms with Gasteiger partial charge >= 0.3 is 0 Å². The first-order chi connectivity index (χ1) is 7.24. The van der Waals surface area contributed by atoms with E-state index in [1.807, 2.05) is 13.0 Å². The molecule has 0 amide bonds. The summed E-state index contributed by atoms with van der Waals surface area (Å²) < 4.78 is 0. The van der Waals surface area contributed by atoms with E-state index in [0.717, 1.165) is 5.69 Å². The highest BCUT2D eigenvalue weighted by atomic mass is 16.4. The van der Waals surface area contributed by atoms with Crippen LogP contribution in [0.3, 0.4) is 0 Å². The summed E-state index contributed by atoms with van der Waals surface area (Å²) in [5, 5.41) is 14.5. The van der Waals surface area contributed by atoms with Crippen LogP contribution in [0.2, 0.25) is 0 Å². The Morgan fingerprint density at radius 3 is 3.13 bits per heavy atom. The molecule has 1 rings (SSSR count). The van der Waals surface area contributed by atoms with Gasteiger partial charge in [0.15, 0.2) is 0 Å². The number of nitrogens with zero attached hydrogens (tertiary/aromatic N) is 3. The quantitative estimate of drug-likeness (QED) is 0.273. The molecule has 0 fully saturated rings. The van der Waals surface area contributed by atoms with Crippen molar-refractivity contribution < 1.29 is 5.21 Å². The van der Waals surface area contributed by atoms with E-state index < -0.39 is 0 Å². The fourth-order valence-corrected chi connectivity index (χ4v) is 1.04.